The average molecular weight is 1290 g/mol. The molecule has 0 bridgehead atoms. The molecule has 0 saturated heterocycles. The van der Waals surface area contributed by atoms with Crippen molar-refractivity contribution in [2.45, 2.75) is 0 Å². The van der Waals surface area contributed by atoms with Crippen LogP contribution in [-0.2, 0) is 0 Å². The molecular weight excluding hydrogens is 1230 g/mol. The van der Waals surface area contributed by atoms with Crippen LogP contribution in [0.25, 0.3) is 197 Å². The van der Waals surface area contributed by atoms with Crippen molar-refractivity contribution in [2.75, 3.05) is 0 Å². The summed E-state index contributed by atoms with van der Waals surface area (Å²) < 4.78 is 0. The predicted molar refractivity (Wildman–Crippen MR) is 439 cm³/mol. The molecule has 20 rings (SSSR count). The Morgan fingerprint density at radius 1 is 0.0980 bits per heavy atom. The second kappa shape index (κ2) is 25.5. The summed E-state index contributed by atoms with van der Waals surface area (Å²) in [4.78, 5) is 0. The molecule has 0 spiro atoms. The van der Waals surface area contributed by atoms with E-state index in [1.807, 2.05) is 0 Å². The summed E-state index contributed by atoms with van der Waals surface area (Å²) in [5.41, 5.74) is 22.3. The topological polar surface area (TPSA) is 0 Å². The Bertz CT molecular complexity index is 6480. The Morgan fingerprint density at radius 2 is 0.333 bits per heavy atom. The molecule has 0 atom stereocenters. The van der Waals surface area contributed by atoms with Gasteiger partial charge in [-0.05, 0) is 252 Å². The van der Waals surface area contributed by atoms with E-state index in [-0.39, 0.29) is 0 Å². The lowest BCUT2D eigenvalue weighted by atomic mass is 9.85. The van der Waals surface area contributed by atoms with Gasteiger partial charge in [0, 0.05) is 0 Å². The molecule has 0 aliphatic heterocycles. The highest BCUT2D eigenvalue weighted by Gasteiger charge is 2.20. The van der Waals surface area contributed by atoms with Crippen molar-refractivity contribution in [1.29, 1.82) is 0 Å². The van der Waals surface area contributed by atoms with Crippen molar-refractivity contribution in [3.63, 3.8) is 0 Å². The SMILES string of the molecule is c1ccc(-c2cc(-c3ccccc3)cc(-c3ccc4ccc(-c5c6ccccc6c(-c6ccc7ccccc7c6)c6ccccc56)cc4c3)c2)cc1.c1ccc2cc(-c3c4ccccc4c(-c4ccc5ccc(-c6ccc(-c7cccc8ccccc78)cc6)cc5c4)c4ccccc34)ccc2c1. The molecule has 0 heteroatoms. The highest BCUT2D eigenvalue weighted by atomic mass is 14.2. The Balaban J connectivity index is 0.000000141. The lowest BCUT2D eigenvalue weighted by Crippen LogP contribution is -1.91. The van der Waals surface area contributed by atoms with E-state index in [0.717, 1.165) is 0 Å². The van der Waals surface area contributed by atoms with Gasteiger partial charge in [-0.15, -0.1) is 0 Å². The first-order valence-electron chi connectivity index (χ1n) is 35.3. The second-order valence-electron chi connectivity index (χ2n) is 27.0. The van der Waals surface area contributed by atoms with Crippen LogP contribution in [-0.4, -0.2) is 0 Å². The van der Waals surface area contributed by atoms with Crippen LogP contribution in [0.3, 0.4) is 0 Å². The van der Waals surface area contributed by atoms with E-state index in [1.54, 1.807) is 0 Å². The minimum absolute atomic E-state index is 1.21. The average Bonchev–Trinajstić information content (AvgIpc) is 0.736. The van der Waals surface area contributed by atoms with Crippen LogP contribution in [0.4, 0.5) is 0 Å². The van der Waals surface area contributed by atoms with Gasteiger partial charge in [0.2, 0.25) is 0 Å². The van der Waals surface area contributed by atoms with Gasteiger partial charge in [-0.1, -0.05) is 346 Å². The molecule has 0 aliphatic rings. The van der Waals surface area contributed by atoms with Crippen molar-refractivity contribution in [3.8, 4) is 100 Å². The molecule has 0 N–H and O–H groups in total. The number of hydrogen-bond acceptors (Lipinski definition) is 0. The van der Waals surface area contributed by atoms with Crippen molar-refractivity contribution in [1.82, 2.24) is 0 Å². The molecule has 20 aromatic rings. The van der Waals surface area contributed by atoms with Crippen LogP contribution in [0, 0.1) is 0 Å². The first-order chi connectivity index (χ1) is 50.5. The summed E-state index contributed by atoms with van der Waals surface area (Å²) in [5, 5.41) is 22.7. The molecule has 474 valence electrons. The summed E-state index contributed by atoms with van der Waals surface area (Å²) in [6.07, 6.45) is 0. The van der Waals surface area contributed by atoms with Crippen molar-refractivity contribution in [3.05, 3.63) is 400 Å². The van der Waals surface area contributed by atoms with Crippen LogP contribution in [0.15, 0.2) is 400 Å². The Morgan fingerprint density at radius 3 is 0.716 bits per heavy atom. The predicted octanol–water partition coefficient (Wildman–Crippen LogP) is 28.8. The van der Waals surface area contributed by atoms with Crippen LogP contribution >= 0.6 is 0 Å². The van der Waals surface area contributed by atoms with Gasteiger partial charge in [-0.3, -0.25) is 0 Å². The first-order valence-corrected chi connectivity index (χ1v) is 35.3. The highest BCUT2D eigenvalue weighted by Crippen LogP contribution is 2.48. The van der Waals surface area contributed by atoms with Gasteiger partial charge in [0.1, 0.15) is 0 Å². The molecule has 0 aromatic heterocycles. The molecule has 0 unspecified atom stereocenters. The Hall–Kier alpha value is -13.3. The largest absolute Gasteiger partial charge is 0.0622 e. The minimum Gasteiger partial charge on any atom is -0.0622 e. The lowest BCUT2D eigenvalue weighted by molar-refractivity contribution is 1.57. The quantitative estimate of drug-likeness (QED) is 0.126. The van der Waals surface area contributed by atoms with Gasteiger partial charge < -0.3 is 0 Å². The molecule has 0 radical (unpaired) electrons. The zero-order chi connectivity index (χ0) is 67.5. The standard InChI is InChI=1S/C52H34.C50H32/c1-3-13-35(14-4-1)44-32-45(36-15-5-2-6-16-36)34-46(33-44)40-26-23-38-25-28-42(31-43(38)30-40)52-49-21-11-9-19-47(49)51(48-20-10-12-22-50(48)52)41-27-24-37-17-7-8-18-39(37)29-41;1-2-12-38-30-40(28-23-33(38)10-1)49-45-15-5-7-17-47(45)50(48-18-8-6-16-46(48)49)41-29-24-35-22-27-39(31-42(35)32-41)34-20-25-37(26-21-34)44-19-9-13-36-11-3-4-14-43(36)44/h1-34H;1-32H. The summed E-state index contributed by atoms with van der Waals surface area (Å²) in [7, 11) is 0. The van der Waals surface area contributed by atoms with Gasteiger partial charge in [0.05, 0.1) is 0 Å². The number of rotatable bonds is 9. The zero-order valence-corrected chi connectivity index (χ0v) is 56.1. The van der Waals surface area contributed by atoms with E-state index in [9.17, 15) is 0 Å². The van der Waals surface area contributed by atoms with E-state index in [4.69, 9.17) is 0 Å². The number of benzene rings is 20. The van der Waals surface area contributed by atoms with Crippen LogP contribution in [0.1, 0.15) is 0 Å². The van der Waals surface area contributed by atoms with Crippen molar-refractivity contribution < 1.29 is 0 Å². The van der Waals surface area contributed by atoms with Gasteiger partial charge in [-0.2, -0.15) is 0 Å². The van der Waals surface area contributed by atoms with E-state index >= 15 is 0 Å². The van der Waals surface area contributed by atoms with E-state index in [1.165, 1.54) is 197 Å². The Kier molecular flexibility index (Phi) is 15.0. The molecule has 0 heterocycles. The smallest absolute Gasteiger partial charge is 0.00262 e. The van der Waals surface area contributed by atoms with E-state index in [2.05, 4.69) is 400 Å². The van der Waals surface area contributed by atoms with Gasteiger partial charge in [0.15, 0.2) is 0 Å². The number of fused-ring (bicyclic) bond motifs is 9. The van der Waals surface area contributed by atoms with Crippen LogP contribution < -0.4 is 0 Å². The van der Waals surface area contributed by atoms with Crippen LogP contribution in [0.2, 0.25) is 0 Å². The molecule has 0 amide bonds. The fraction of sp³-hybridized carbons (Fsp3) is 0. The second-order valence-corrected chi connectivity index (χ2v) is 27.0. The molecule has 0 saturated carbocycles. The van der Waals surface area contributed by atoms with Crippen molar-refractivity contribution >= 4 is 97.0 Å². The maximum Gasteiger partial charge on any atom is -0.00262 e. The molecule has 0 nitrogen and oxygen atoms in total. The maximum absolute atomic E-state index is 2.39. The summed E-state index contributed by atoms with van der Waals surface area (Å²) >= 11 is 0. The maximum atomic E-state index is 2.39. The number of hydrogen-bond donors (Lipinski definition) is 0. The van der Waals surface area contributed by atoms with Gasteiger partial charge in [0.25, 0.3) is 0 Å². The highest BCUT2D eigenvalue weighted by molar-refractivity contribution is 6.24. The summed E-state index contributed by atoms with van der Waals surface area (Å²) in [6, 6.07) is 147. The lowest BCUT2D eigenvalue weighted by Gasteiger charge is -2.18. The minimum atomic E-state index is 1.21. The monoisotopic (exact) mass is 1290 g/mol. The molecular formula is C102H66. The van der Waals surface area contributed by atoms with E-state index in [0.29, 0.717) is 0 Å². The fourth-order valence-corrected chi connectivity index (χ4v) is 16.1. The summed E-state index contributed by atoms with van der Waals surface area (Å²) in [5.74, 6) is 0. The fourth-order valence-electron chi connectivity index (χ4n) is 16.1. The van der Waals surface area contributed by atoms with Gasteiger partial charge in [-0.25, -0.2) is 0 Å². The molecule has 20 aromatic carbocycles. The van der Waals surface area contributed by atoms with Gasteiger partial charge >= 0.3 is 0 Å². The van der Waals surface area contributed by atoms with E-state index < -0.39 is 0 Å². The Labute approximate surface area is 593 Å². The molecule has 0 aliphatic carbocycles. The van der Waals surface area contributed by atoms with Crippen LogP contribution in [0.5, 0.6) is 0 Å². The van der Waals surface area contributed by atoms with Crippen molar-refractivity contribution in [2.24, 2.45) is 0 Å². The third kappa shape index (κ3) is 10.9. The zero-order valence-electron chi connectivity index (χ0n) is 56.1. The third-order valence-corrected chi connectivity index (χ3v) is 21.0. The third-order valence-electron chi connectivity index (χ3n) is 21.0. The molecule has 102 heavy (non-hydrogen) atoms. The first kappa shape index (κ1) is 60.0. The molecule has 0 fully saturated rings. The normalized spacial score (nSPS) is 11.5. The summed E-state index contributed by atoms with van der Waals surface area (Å²) in [6.45, 7) is 0.